The number of aromatic nitrogens is 3. The van der Waals surface area contributed by atoms with Crippen LogP contribution in [-0.2, 0) is 11.3 Å². The minimum atomic E-state index is -0.789. The number of rotatable bonds is 11. The third-order valence-electron chi connectivity index (χ3n) is 5.76. The molecule has 1 atom stereocenters. The fraction of sp³-hybridized carbons (Fsp3) is 0.259. The molecule has 2 aromatic carbocycles. The molecule has 35 heavy (non-hydrogen) atoms. The van der Waals surface area contributed by atoms with Gasteiger partial charge in [-0.25, -0.2) is 4.98 Å². The van der Waals surface area contributed by atoms with E-state index in [4.69, 9.17) is 9.84 Å². The van der Waals surface area contributed by atoms with Crippen LogP contribution in [0, 0.1) is 0 Å². The molecule has 0 spiro atoms. The van der Waals surface area contributed by atoms with E-state index in [1.54, 1.807) is 30.9 Å². The lowest BCUT2D eigenvalue weighted by Gasteiger charge is -2.18. The molecule has 2 N–H and O–H groups in total. The number of aliphatic carboxylic acids is 1. The number of amides is 1. The van der Waals surface area contributed by atoms with E-state index in [1.165, 1.54) is 0 Å². The van der Waals surface area contributed by atoms with Crippen molar-refractivity contribution in [1.29, 1.82) is 0 Å². The van der Waals surface area contributed by atoms with E-state index in [-0.39, 0.29) is 18.4 Å². The summed E-state index contributed by atoms with van der Waals surface area (Å²) in [6, 6.07) is 16.9. The number of carbonyl (C=O) groups is 2. The third kappa shape index (κ3) is 6.23. The Morgan fingerprint density at radius 1 is 1.14 bits per heavy atom. The van der Waals surface area contributed by atoms with Crippen LogP contribution in [0.5, 0.6) is 5.75 Å². The number of carboxylic acids is 1. The lowest BCUT2D eigenvalue weighted by atomic mass is 10.1. The lowest BCUT2D eigenvalue weighted by Crippen LogP contribution is -2.22. The number of carbonyl (C=O) groups excluding carboxylic acids is 1. The normalized spacial score (nSPS) is 11.8. The molecule has 2 heterocycles. The first-order valence-electron chi connectivity index (χ1n) is 11.7. The summed E-state index contributed by atoms with van der Waals surface area (Å²) in [7, 11) is 0. The van der Waals surface area contributed by atoms with Gasteiger partial charge in [0, 0.05) is 37.0 Å². The molecule has 0 aliphatic carbocycles. The van der Waals surface area contributed by atoms with Crippen LogP contribution in [0.1, 0.15) is 48.5 Å². The number of hydrogen-bond acceptors (Lipinski definition) is 5. The molecule has 1 unspecified atom stereocenters. The molecule has 4 rings (SSSR count). The van der Waals surface area contributed by atoms with Gasteiger partial charge in [0.15, 0.2) is 0 Å². The fourth-order valence-electron chi connectivity index (χ4n) is 3.87. The van der Waals surface area contributed by atoms with E-state index in [9.17, 15) is 9.59 Å². The maximum atomic E-state index is 12.6. The molecular formula is C27H28N4O4. The van der Waals surface area contributed by atoms with Crippen molar-refractivity contribution in [3.63, 3.8) is 0 Å². The molecular weight excluding hydrogens is 444 g/mol. The molecule has 0 aliphatic rings. The van der Waals surface area contributed by atoms with Gasteiger partial charge in [-0.1, -0.05) is 19.1 Å². The minimum absolute atomic E-state index is 0.0446. The third-order valence-corrected chi connectivity index (χ3v) is 5.76. The van der Waals surface area contributed by atoms with Gasteiger partial charge >= 0.3 is 5.97 Å². The molecule has 2 aromatic heterocycles. The van der Waals surface area contributed by atoms with Crippen LogP contribution in [0.3, 0.4) is 0 Å². The van der Waals surface area contributed by atoms with Crippen molar-refractivity contribution < 1.29 is 19.4 Å². The average molecular weight is 473 g/mol. The van der Waals surface area contributed by atoms with Crippen molar-refractivity contribution in [1.82, 2.24) is 19.9 Å². The maximum absolute atomic E-state index is 12.6. The Morgan fingerprint density at radius 2 is 2.03 bits per heavy atom. The van der Waals surface area contributed by atoms with Gasteiger partial charge in [0.2, 0.25) is 0 Å². The number of pyridine rings is 1. The Bertz CT molecular complexity index is 1300. The zero-order valence-electron chi connectivity index (χ0n) is 19.6. The number of ether oxygens (including phenoxy) is 1. The van der Waals surface area contributed by atoms with E-state index in [2.05, 4.69) is 15.3 Å². The van der Waals surface area contributed by atoms with Crippen LogP contribution >= 0.6 is 0 Å². The van der Waals surface area contributed by atoms with Crippen LogP contribution in [0.25, 0.3) is 16.7 Å². The van der Waals surface area contributed by atoms with Crippen LogP contribution in [0.15, 0.2) is 73.3 Å². The van der Waals surface area contributed by atoms with E-state index < -0.39 is 5.97 Å². The van der Waals surface area contributed by atoms with Crippen molar-refractivity contribution in [2.24, 2.45) is 0 Å². The second-order valence-electron chi connectivity index (χ2n) is 8.29. The summed E-state index contributed by atoms with van der Waals surface area (Å²) in [6.45, 7) is 2.43. The van der Waals surface area contributed by atoms with E-state index in [0.29, 0.717) is 30.5 Å². The molecule has 180 valence electrons. The van der Waals surface area contributed by atoms with Crippen molar-refractivity contribution in [2.45, 2.75) is 45.3 Å². The SMILES string of the molecule is CCC(CCCC(=O)O)Oc1cccc(-n2cnc3cc(C(=O)NCc4cccnc4)ccc32)c1. The maximum Gasteiger partial charge on any atom is 0.303 e. The smallest absolute Gasteiger partial charge is 0.303 e. The van der Waals surface area contributed by atoms with Crippen LogP contribution in [0.4, 0.5) is 0 Å². The summed E-state index contributed by atoms with van der Waals surface area (Å²) in [5.41, 5.74) is 3.94. The van der Waals surface area contributed by atoms with Gasteiger partial charge in [-0.2, -0.15) is 0 Å². The molecule has 1 amide bonds. The van der Waals surface area contributed by atoms with E-state index in [0.717, 1.165) is 28.9 Å². The van der Waals surface area contributed by atoms with Gasteiger partial charge in [-0.3, -0.25) is 19.1 Å². The first kappa shape index (κ1) is 23.9. The Hall–Kier alpha value is -4.20. The first-order chi connectivity index (χ1) is 17.0. The highest BCUT2D eigenvalue weighted by atomic mass is 16.5. The van der Waals surface area contributed by atoms with Gasteiger partial charge in [-0.15, -0.1) is 0 Å². The number of benzene rings is 2. The van der Waals surface area contributed by atoms with Crippen LogP contribution in [-0.4, -0.2) is 37.6 Å². The Labute approximate surface area is 203 Å². The fourth-order valence-corrected chi connectivity index (χ4v) is 3.87. The lowest BCUT2D eigenvalue weighted by molar-refractivity contribution is -0.137. The van der Waals surface area contributed by atoms with Gasteiger partial charge in [0.1, 0.15) is 12.1 Å². The zero-order valence-corrected chi connectivity index (χ0v) is 19.6. The second kappa shape index (κ2) is 11.3. The Balaban J connectivity index is 1.46. The Kier molecular flexibility index (Phi) is 7.72. The summed E-state index contributed by atoms with van der Waals surface area (Å²) in [4.78, 5) is 32.0. The van der Waals surface area contributed by atoms with Gasteiger partial charge in [-0.05, 0) is 61.2 Å². The number of imidazole rings is 1. The second-order valence-corrected chi connectivity index (χ2v) is 8.29. The topological polar surface area (TPSA) is 106 Å². The number of hydrogen-bond donors (Lipinski definition) is 2. The number of carboxylic acid groups (broad SMARTS) is 1. The predicted octanol–water partition coefficient (Wildman–Crippen LogP) is 4.76. The summed E-state index contributed by atoms with van der Waals surface area (Å²) >= 11 is 0. The minimum Gasteiger partial charge on any atom is -0.490 e. The highest BCUT2D eigenvalue weighted by Crippen LogP contribution is 2.24. The van der Waals surface area contributed by atoms with Crippen molar-refractivity contribution in [2.75, 3.05) is 0 Å². The van der Waals surface area contributed by atoms with E-state index in [1.807, 2.05) is 54.0 Å². The molecule has 0 fully saturated rings. The monoisotopic (exact) mass is 472 g/mol. The summed E-state index contributed by atoms with van der Waals surface area (Å²) in [5.74, 6) is -0.241. The standard InChI is InChI=1S/C27H28N4O4/c1-2-22(8-4-10-26(32)33)35-23-9-3-7-21(15-23)31-18-30-24-14-20(11-12-25(24)31)27(34)29-17-19-6-5-13-28-16-19/h3,5-7,9,11-16,18,22H,2,4,8,10,17H2,1H3,(H,29,34)(H,32,33). The van der Waals surface area contributed by atoms with Crippen molar-refractivity contribution in [3.05, 3.63) is 84.4 Å². The summed E-state index contributed by atoms with van der Waals surface area (Å²) < 4.78 is 8.08. The van der Waals surface area contributed by atoms with Crippen molar-refractivity contribution >= 4 is 22.9 Å². The molecule has 0 aliphatic heterocycles. The van der Waals surface area contributed by atoms with Crippen LogP contribution < -0.4 is 10.1 Å². The summed E-state index contributed by atoms with van der Waals surface area (Å²) in [6.07, 6.45) is 7.31. The van der Waals surface area contributed by atoms with Gasteiger partial charge in [0.05, 0.1) is 22.8 Å². The van der Waals surface area contributed by atoms with Gasteiger partial charge in [0.25, 0.3) is 5.91 Å². The predicted molar refractivity (Wildman–Crippen MR) is 133 cm³/mol. The molecule has 0 radical (unpaired) electrons. The highest BCUT2D eigenvalue weighted by Gasteiger charge is 2.13. The van der Waals surface area contributed by atoms with Crippen LogP contribution in [0.2, 0.25) is 0 Å². The summed E-state index contributed by atoms with van der Waals surface area (Å²) in [5, 5.41) is 11.8. The highest BCUT2D eigenvalue weighted by molar-refractivity contribution is 5.97. The molecule has 0 bridgehead atoms. The molecule has 0 saturated carbocycles. The Morgan fingerprint density at radius 3 is 2.80 bits per heavy atom. The quantitative estimate of drug-likeness (QED) is 0.326. The molecule has 8 heteroatoms. The van der Waals surface area contributed by atoms with Crippen molar-refractivity contribution in [3.8, 4) is 11.4 Å². The molecule has 4 aromatic rings. The molecule has 0 saturated heterocycles. The zero-order chi connectivity index (χ0) is 24.6. The number of nitrogens with one attached hydrogen (secondary N) is 1. The average Bonchev–Trinajstić information content (AvgIpc) is 3.30. The number of fused-ring (bicyclic) bond motifs is 1. The molecule has 8 nitrogen and oxygen atoms in total. The first-order valence-corrected chi connectivity index (χ1v) is 11.7. The van der Waals surface area contributed by atoms with Gasteiger partial charge < -0.3 is 15.2 Å². The number of nitrogens with zero attached hydrogens (tertiary/aromatic N) is 3. The van der Waals surface area contributed by atoms with E-state index >= 15 is 0 Å². The largest absolute Gasteiger partial charge is 0.490 e.